The van der Waals surface area contributed by atoms with Gasteiger partial charge in [0.1, 0.15) is 0 Å². The normalized spacial score (nSPS) is 13.1. The van der Waals surface area contributed by atoms with Gasteiger partial charge in [-0.05, 0) is 30.2 Å². The Morgan fingerprint density at radius 2 is 1.70 bits per heavy atom. The van der Waals surface area contributed by atoms with Gasteiger partial charge in [-0.25, -0.2) is 8.42 Å². The number of anilines is 1. The third-order valence-corrected chi connectivity index (χ3v) is 3.97. The summed E-state index contributed by atoms with van der Waals surface area (Å²) in [5, 5.41) is 3.41. The van der Waals surface area contributed by atoms with Crippen molar-refractivity contribution in [2.75, 3.05) is 17.5 Å². The average Bonchev–Trinajstić information content (AvgIpc) is 2.51. The molecule has 2 N–H and O–H groups in total. The summed E-state index contributed by atoms with van der Waals surface area (Å²) in [6.45, 7) is 2.84. The SMILES string of the molecule is C[C@H](NC/C=C/c1ccccc1)c1ccc(NS(C)(=O)=O)cc1. The molecule has 0 bridgehead atoms. The third-order valence-electron chi connectivity index (χ3n) is 3.37. The van der Waals surface area contributed by atoms with Crippen molar-refractivity contribution in [3.63, 3.8) is 0 Å². The van der Waals surface area contributed by atoms with Crippen LogP contribution in [0.1, 0.15) is 24.1 Å². The van der Waals surface area contributed by atoms with Crippen molar-refractivity contribution in [3.05, 3.63) is 71.8 Å². The summed E-state index contributed by atoms with van der Waals surface area (Å²) in [6, 6.07) is 17.7. The predicted octanol–water partition coefficient (Wildman–Crippen LogP) is 3.42. The van der Waals surface area contributed by atoms with Crippen molar-refractivity contribution in [1.29, 1.82) is 0 Å². The van der Waals surface area contributed by atoms with E-state index in [0.29, 0.717) is 5.69 Å². The van der Waals surface area contributed by atoms with E-state index < -0.39 is 10.0 Å². The second-order valence-corrected chi connectivity index (χ2v) is 7.19. The largest absolute Gasteiger partial charge is 0.307 e. The fourth-order valence-corrected chi connectivity index (χ4v) is 2.74. The van der Waals surface area contributed by atoms with Crippen LogP contribution in [0.2, 0.25) is 0 Å². The van der Waals surface area contributed by atoms with Crippen LogP contribution in [0.5, 0.6) is 0 Å². The minimum atomic E-state index is -3.23. The molecule has 0 amide bonds. The Hall–Kier alpha value is -2.11. The smallest absolute Gasteiger partial charge is 0.229 e. The number of rotatable bonds is 7. The van der Waals surface area contributed by atoms with Gasteiger partial charge in [0.2, 0.25) is 10.0 Å². The van der Waals surface area contributed by atoms with Crippen LogP contribution in [0, 0.1) is 0 Å². The van der Waals surface area contributed by atoms with Crippen molar-refractivity contribution in [1.82, 2.24) is 5.32 Å². The second-order valence-electron chi connectivity index (χ2n) is 5.44. The second kappa shape index (κ2) is 7.94. The monoisotopic (exact) mass is 330 g/mol. The van der Waals surface area contributed by atoms with Crippen LogP contribution in [-0.2, 0) is 10.0 Å². The Bertz CT molecular complexity index is 738. The molecule has 2 aromatic rings. The molecule has 0 aliphatic heterocycles. The molecule has 0 saturated carbocycles. The van der Waals surface area contributed by atoms with Crippen LogP contribution in [0.3, 0.4) is 0 Å². The van der Waals surface area contributed by atoms with Crippen LogP contribution < -0.4 is 10.0 Å². The molecule has 1 atom stereocenters. The first-order valence-corrected chi connectivity index (χ1v) is 9.36. The van der Waals surface area contributed by atoms with Gasteiger partial charge in [0.15, 0.2) is 0 Å². The third kappa shape index (κ3) is 6.26. The molecule has 0 radical (unpaired) electrons. The highest BCUT2D eigenvalue weighted by Gasteiger charge is 2.05. The Balaban J connectivity index is 1.86. The first-order chi connectivity index (χ1) is 10.9. The van der Waals surface area contributed by atoms with Crippen LogP contribution >= 0.6 is 0 Å². The number of nitrogens with one attached hydrogen (secondary N) is 2. The summed E-state index contributed by atoms with van der Waals surface area (Å²) in [7, 11) is -3.23. The van der Waals surface area contributed by atoms with E-state index in [1.807, 2.05) is 30.3 Å². The molecule has 0 spiro atoms. The zero-order chi connectivity index (χ0) is 16.7. The molecule has 23 heavy (non-hydrogen) atoms. The molecule has 2 rings (SSSR count). The maximum Gasteiger partial charge on any atom is 0.229 e. The predicted molar refractivity (Wildman–Crippen MR) is 96.8 cm³/mol. The standard InChI is InChI=1S/C18H22N2O2S/c1-15(19-14-6-9-16-7-4-3-5-8-16)17-10-12-18(13-11-17)20-23(2,21)22/h3-13,15,19-20H,14H2,1-2H3/b9-6+/t15-/m0/s1. The fourth-order valence-electron chi connectivity index (χ4n) is 2.18. The number of hydrogen-bond donors (Lipinski definition) is 2. The summed E-state index contributed by atoms with van der Waals surface area (Å²) in [4.78, 5) is 0. The van der Waals surface area contributed by atoms with Crippen molar-refractivity contribution < 1.29 is 8.42 Å². The molecule has 0 fully saturated rings. The molecule has 5 heteroatoms. The lowest BCUT2D eigenvalue weighted by atomic mass is 10.1. The van der Waals surface area contributed by atoms with Gasteiger partial charge in [0.05, 0.1) is 6.26 Å². The summed E-state index contributed by atoms with van der Waals surface area (Å²) in [5.41, 5.74) is 2.86. The van der Waals surface area contributed by atoms with Gasteiger partial charge in [-0.2, -0.15) is 0 Å². The zero-order valence-corrected chi connectivity index (χ0v) is 14.2. The molecule has 0 aliphatic carbocycles. The van der Waals surface area contributed by atoms with Crippen LogP contribution in [0.15, 0.2) is 60.7 Å². The van der Waals surface area contributed by atoms with Crippen molar-refractivity contribution >= 4 is 21.8 Å². The van der Waals surface area contributed by atoms with Gasteiger partial charge in [-0.3, -0.25) is 4.72 Å². The topological polar surface area (TPSA) is 58.2 Å². The summed E-state index contributed by atoms with van der Waals surface area (Å²) in [6.07, 6.45) is 5.31. The zero-order valence-electron chi connectivity index (χ0n) is 13.4. The van der Waals surface area contributed by atoms with Gasteiger partial charge < -0.3 is 5.32 Å². The quantitative estimate of drug-likeness (QED) is 0.818. The number of benzene rings is 2. The lowest BCUT2D eigenvalue weighted by Crippen LogP contribution is -2.18. The Morgan fingerprint density at radius 1 is 1.04 bits per heavy atom. The van der Waals surface area contributed by atoms with E-state index in [-0.39, 0.29) is 6.04 Å². The van der Waals surface area contributed by atoms with Gasteiger partial charge in [0.25, 0.3) is 0 Å². The van der Waals surface area contributed by atoms with Crippen molar-refractivity contribution in [2.24, 2.45) is 0 Å². The van der Waals surface area contributed by atoms with E-state index in [9.17, 15) is 8.42 Å². The van der Waals surface area contributed by atoms with Crippen LogP contribution in [-0.4, -0.2) is 21.2 Å². The molecular formula is C18H22N2O2S. The molecule has 0 aromatic heterocycles. The van der Waals surface area contributed by atoms with E-state index >= 15 is 0 Å². The molecule has 0 aliphatic rings. The first-order valence-electron chi connectivity index (χ1n) is 7.47. The highest BCUT2D eigenvalue weighted by molar-refractivity contribution is 7.92. The molecule has 4 nitrogen and oxygen atoms in total. The summed E-state index contributed by atoms with van der Waals surface area (Å²) >= 11 is 0. The maximum atomic E-state index is 11.2. The fraction of sp³-hybridized carbons (Fsp3) is 0.222. The number of hydrogen-bond acceptors (Lipinski definition) is 3. The van der Waals surface area contributed by atoms with E-state index in [0.717, 1.165) is 18.4 Å². The molecule has 2 aromatic carbocycles. The lowest BCUT2D eigenvalue weighted by Gasteiger charge is -2.13. The van der Waals surface area contributed by atoms with Gasteiger partial charge >= 0.3 is 0 Å². The molecule has 122 valence electrons. The van der Waals surface area contributed by atoms with E-state index in [4.69, 9.17) is 0 Å². The summed E-state index contributed by atoms with van der Waals surface area (Å²) in [5.74, 6) is 0. The molecule has 0 heterocycles. The highest BCUT2D eigenvalue weighted by Crippen LogP contribution is 2.16. The Kier molecular flexibility index (Phi) is 5.96. The van der Waals surface area contributed by atoms with E-state index in [1.165, 1.54) is 5.56 Å². The van der Waals surface area contributed by atoms with E-state index in [1.54, 1.807) is 12.1 Å². The Morgan fingerprint density at radius 3 is 2.30 bits per heavy atom. The minimum absolute atomic E-state index is 0.183. The van der Waals surface area contributed by atoms with Crippen molar-refractivity contribution in [2.45, 2.75) is 13.0 Å². The molecular weight excluding hydrogens is 308 g/mol. The molecule has 0 unspecified atom stereocenters. The average molecular weight is 330 g/mol. The van der Waals surface area contributed by atoms with Gasteiger partial charge in [-0.15, -0.1) is 0 Å². The maximum absolute atomic E-state index is 11.2. The molecule has 0 saturated heterocycles. The van der Waals surface area contributed by atoms with Crippen LogP contribution in [0.4, 0.5) is 5.69 Å². The van der Waals surface area contributed by atoms with Crippen molar-refractivity contribution in [3.8, 4) is 0 Å². The summed E-state index contributed by atoms with van der Waals surface area (Å²) < 4.78 is 24.8. The lowest BCUT2D eigenvalue weighted by molar-refractivity contribution is 0.607. The number of sulfonamides is 1. The Labute approximate surface area is 138 Å². The van der Waals surface area contributed by atoms with Gasteiger partial charge in [-0.1, -0.05) is 54.6 Å². The van der Waals surface area contributed by atoms with E-state index in [2.05, 4.69) is 41.2 Å². The van der Waals surface area contributed by atoms with Gasteiger partial charge in [0, 0.05) is 18.3 Å². The highest BCUT2D eigenvalue weighted by atomic mass is 32.2. The first kappa shape index (κ1) is 17.2. The van der Waals surface area contributed by atoms with Crippen LogP contribution in [0.25, 0.3) is 6.08 Å². The minimum Gasteiger partial charge on any atom is -0.307 e.